The molecule has 1 aromatic heterocycles. The van der Waals surface area contributed by atoms with Gasteiger partial charge in [0, 0.05) is 15.3 Å². The molecule has 1 heterocycles. The van der Waals surface area contributed by atoms with Crippen molar-refractivity contribution in [2.75, 3.05) is 0 Å². The van der Waals surface area contributed by atoms with Gasteiger partial charge in [0.25, 0.3) is 6.43 Å². The fourth-order valence-corrected chi connectivity index (χ4v) is 1.78. The van der Waals surface area contributed by atoms with Crippen LogP contribution in [0.1, 0.15) is 23.2 Å². The lowest BCUT2D eigenvalue weighted by atomic mass is 10.1. The van der Waals surface area contributed by atoms with Crippen molar-refractivity contribution in [1.29, 1.82) is 10.5 Å². The summed E-state index contributed by atoms with van der Waals surface area (Å²) >= 11 is 1.78. The number of rotatable bonds is 2. The molecule has 0 saturated carbocycles. The van der Waals surface area contributed by atoms with Crippen molar-refractivity contribution in [3.05, 3.63) is 26.6 Å². The molecule has 0 saturated heterocycles. The predicted molar refractivity (Wildman–Crippen MR) is 55.9 cm³/mol. The van der Waals surface area contributed by atoms with Gasteiger partial charge in [-0.1, -0.05) is 0 Å². The lowest BCUT2D eigenvalue weighted by Crippen LogP contribution is -2.03. The zero-order valence-corrected chi connectivity index (χ0v) is 9.49. The van der Waals surface area contributed by atoms with Crippen molar-refractivity contribution in [2.45, 2.75) is 12.8 Å². The molecule has 0 aliphatic carbocycles. The Bertz CT molecular complexity index is 460. The van der Waals surface area contributed by atoms with Crippen molar-refractivity contribution < 1.29 is 8.78 Å². The Kier molecular flexibility index (Phi) is 3.92. The molecule has 0 amide bonds. The second-order valence-electron chi connectivity index (χ2n) is 2.60. The second-order valence-corrected chi connectivity index (χ2v) is 3.68. The summed E-state index contributed by atoms with van der Waals surface area (Å²) in [6.45, 7) is 0. The lowest BCUT2D eigenvalue weighted by Gasteiger charge is -2.07. The first kappa shape index (κ1) is 11.8. The van der Waals surface area contributed by atoms with E-state index in [1.165, 1.54) is 0 Å². The Morgan fingerprint density at radius 1 is 1.47 bits per heavy atom. The Balaban J connectivity index is 3.40. The van der Waals surface area contributed by atoms with E-state index in [2.05, 4.69) is 4.98 Å². The summed E-state index contributed by atoms with van der Waals surface area (Å²) in [5, 5.41) is 17.2. The van der Waals surface area contributed by atoms with Crippen LogP contribution in [0, 0.1) is 26.2 Å². The van der Waals surface area contributed by atoms with Gasteiger partial charge in [-0.2, -0.15) is 10.5 Å². The van der Waals surface area contributed by atoms with Crippen molar-refractivity contribution in [3.8, 4) is 12.1 Å². The summed E-state index contributed by atoms with van der Waals surface area (Å²) in [6, 6.07) is 3.62. The van der Waals surface area contributed by atoms with Crippen LogP contribution >= 0.6 is 22.6 Å². The molecule has 0 radical (unpaired) electrons. The van der Waals surface area contributed by atoms with Crippen molar-refractivity contribution in [3.63, 3.8) is 0 Å². The molecule has 76 valence electrons. The maximum atomic E-state index is 12.5. The summed E-state index contributed by atoms with van der Waals surface area (Å²) in [4.78, 5) is 3.50. The number of alkyl halides is 2. The zero-order valence-electron chi connectivity index (χ0n) is 7.34. The van der Waals surface area contributed by atoms with Crippen LogP contribution in [-0.2, 0) is 6.42 Å². The third-order valence-electron chi connectivity index (χ3n) is 1.73. The monoisotopic (exact) mass is 319 g/mol. The molecule has 1 rings (SSSR count). The molecule has 6 heteroatoms. The molecule has 0 aliphatic rings. The molecule has 0 fully saturated rings. The van der Waals surface area contributed by atoms with E-state index in [-0.39, 0.29) is 17.5 Å². The topological polar surface area (TPSA) is 60.5 Å². The predicted octanol–water partition coefficient (Wildman–Crippen LogP) is 2.56. The van der Waals surface area contributed by atoms with Crippen LogP contribution in [0.5, 0.6) is 0 Å². The summed E-state index contributed by atoms with van der Waals surface area (Å²) < 4.78 is 25.4. The number of halogens is 3. The number of hydrogen-bond donors (Lipinski definition) is 0. The summed E-state index contributed by atoms with van der Waals surface area (Å²) in [7, 11) is 0. The van der Waals surface area contributed by atoms with Gasteiger partial charge < -0.3 is 0 Å². The molecular formula is C9H4F2IN3. The Morgan fingerprint density at radius 2 is 2.13 bits per heavy atom. The number of pyridine rings is 1. The van der Waals surface area contributed by atoms with Gasteiger partial charge in [-0.3, -0.25) is 4.98 Å². The van der Waals surface area contributed by atoms with Crippen molar-refractivity contribution >= 4 is 22.6 Å². The third kappa shape index (κ3) is 2.39. The van der Waals surface area contributed by atoms with Crippen LogP contribution in [-0.4, -0.2) is 4.98 Å². The number of hydrogen-bond acceptors (Lipinski definition) is 3. The van der Waals surface area contributed by atoms with E-state index >= 15 is 0 Å². The molecule has 0 N–H and O–H groups in total. The summed E-state index contributed by atoms with van der Waals surface area (Å²) in [6.07, 6.45) is -1.79. The first-order valence-electron chi connectivity index (χ1n) is 3.84. The van der Waals surface area contributed by atoms with Crippen LogP contribution in [0.4, 0.5) is 8.78 Å². The summed E-state index contributed by atoms with van der Waals surface area (Å²) in [5.74, 6) is 0. The van der Waals surface area contributed by atoms with Gasteiger partial charge in [0.1, 0.15) is 11.8 Å². The average molecular weight is 319 g/mol. The maximum Gasteiger partial charge on any atom is 0.280 e. The van der Waals surface area contributed by atoms with Crippen molar-refractivity contribution in [2.24, 2.45) is 0 Å². The van der Waals surface area contributed by atoms with Gasteiger partial charge in [-0.05, 0) is 22.6 Å². The van der Waals surface area contributed by atoms with Gasteiger partial charge in [0.15, 0.2) is 0 Å². The molecule has 0 atom stereocenters. The molecule has 0 bridgehead atoms. The van der Waals surface area contributed by atoms with Crippen LogP contribution < -0.4 is 0 Å². The van der Waals surface area contributed by atoms with Crippen LogP contribution in [0.25, 0.3) is 0 Å². The highest BCUT2D eigenvalue weighted by molar-refractivity contribution is 14.1. The van der Waals surface area contributed by atoms with Crippen LogP contribution in [0.15, 0.2) is 6.20 Å². The van der Waals surface area contributed by atoms with E-state index in [1.54, 1.807) is 28.7 Å². The van der Waals surface area contributed by atoms with E-state index in [1.807, 2.05) is 6.07 Å². The van der Waals surface area contributed by atoms with Gasteiger partial charge in [0.05, 0.1) is 18.1 Å². The molecule has 3 nitrogen and oxygen atoms in total. The van der Waals surface area contributed by atoms with Gasteiger partial charge in [-0.25, -0.2) is 8.78 Å². The van der Waals surface area contributed by atoms with Gasteiger partial charge in [0.2, 0.25) is 0 Å². The van der Waals surface area contributed by atoms with E-state index in [4.69, 9.17) is 10.5 Å². The molecule has 15 heavy (non-hydrogen) atoms. The molecular weight excluding hydrogens is 315 g/mol. The second kappa shape index (κ2) is 4.99. The molecule has 0 aromatic carbocycles. The summed E-state index contributed by atoms with van der Waals surface area (Å²) in [5.41, 5.74) is -0.0580. The first-order chi connectivity index (χ1) is 7.11. The minimum atomic E-state index is -2.73. The highest BCUT2D eigenvalue weighted by Crippen LogP contribution is 2.26. The normalized spacial score (nSPS) is 9.73. The molecule has 0 spiro atoms. The Hall–Kier alpha value is -1.28. The highest BCUT2D eigenvalue weighted by atomic mass is 127. The van der Waals surface area contributed by atoms with E-state index < -0.39 is 12.1 Å². The van der Waals surface area contributed by atoms with E-state index in [0.29, 0.717) is 3.57 Å². The van der Waals surface area contributed by atoms with Gasteiger partial charge >= 0.3 is 0 Å². The molecule has 1 aromatic rings. The fourth-order valence-electron chi connectivity index (χ4n) is 1.06. The molecule has 0 aliphatic heterocycles. The van der Waals surface area contributed by atoms with Crippen LogP contribution in [0.3, 0.4) is 0 Å². The number of nitriles is 2. The SMILES string of the molecule is N#CCc1c(C(F)F)ncc(C#N)c1I. The number of aromatic nitrogens is 1. The smallest absolute Gasteiger partial charge is 0.254 e. The van der Waals surface area contributed by atoms with Crippen LogP contribution in [0.2, 0.25) is 0 Å². The minimum absolute atomic E-state index is 0.146. The standard InChI is InChI=1S/C9H4F2IN3/c10-9(11)8-6(1-2-13)7(12)5(3-14)4-15-8/h4,9H,1H2. The van der Waals surface area contributed by atoms with Crippen molar-refractivity contribution in [1.82, 2.24) is 4.98 Å². The highest BCUT2D eigenvalue weighted by Gasteiger charge is 2.19. The largest absolute Gasteiger partial charge is 0.280 e. The Morgan fingerprint density at radius 3 is 2.60 bits per heavy atom. The number of nitrogens with zero attached hydrogens (tertiary/aromatic N) is 3. The minimum Gasteiger partial charge on any atom is -0.254 e. The van der Waals surface area contributed by atoms with E-state index in [9.17, 15) is 8.78 Å². The van der Waals surface area contributed by atoms with Gasteiger partial charge in [-0.15, -0.1) is 0 Å². The third-order valence-corrected chi connectivity index (χ3v) is 2.96. The fraction of sp³-hybridized carbons (Fsp3) is 0.222. The maximum absolute atomic E-state index is 12.5. The average Bonchev–Trinajstić information content (AvgIpc) is 2.20. The lowest BCUT2D eigenvalue weighted by molar-refractivity contribution is 0.145. The Labute approximate surface area is 98.5 Å². The first-order valence-corrected chi connectivity index (χ1v) is 4.92. The quantitative estimate of drug-likeness (QED) is 0.787. The zero-order chi connectivity index (χ0) is 11.4. The molecule has 0 unspecified atom stereocenters. The van der Waals surface area contributed by atoms with E-state index in [0.717, 1.165) is 6.20 Å².